The number of hydrogen-bond donors (Lipinski definition) is 2. The van der Waals surface area contributed by atoms with Crippen LogP contribution in [-0.4, -0.2) is 18.1 Å². The Morgan fingerprint density at radius 1 is 1.11 bits per heavy atom. The Hall–Kier alpha value is -0.730. The maximum Gasteiger partial charge on any atom is 0.315 e. The molecule has 0 aliphatic heterocycles. The SMILES string of the molecule is C[C@H](NC(=O)N[C@@H](C)C(C)(C)C)[C@H]1C[C@H]2CC[C@H]1C2. The Bertz CT molecular complexity index is 334. The van der Waals surface area contributed by atoms with Crippen LogP contribution in [0.4, 0.5) is 4.79 Å². The first-order chi connectivity index (χ1) is 8.77. The zero-order valence-corrected chi connectivity index (χ0v) is 13.1. The standard InChI is InChI=1S/C16H30N2O/c1-10(14-9-12-6-7-13(14)8-12)17-15(19)18-11(2)16(3,4)5/h10-14H,6-9H2,1-5H3,(H2,17,18,19)/t10-,11-,12-,13-,14+/m0/s1. The van der Waals surface area contributed by atoms with Gasteiger partial charge in [0.05, 0.1) is 0 Å². The van der Waals surface area contributed by atoms with Crippen LogP contribution in [0.3, 0.4) is 0 Å². The Labute approximate surface area is 117 Å². The van der Waals surface area contributed by atoms with E-state index in [0.29, 0.717) is 12.0 Å². The third-order valence-electron chi connectivity index (χ3n) is 5.44. The molecule has 2 aliphatic carbocycles. The average Bonchev–Trinajstić information content (AvgIpc) is 2.88. The fraction of sp³-hybridized carbons (Fsp3) is 0.938. The lowest BCUT2D eigenvalue weighted by molar-refractivity contribution is 0.206. The van der Waals surface area contributed by atoms with Crippen LogP contribution < -0.4 is 10.6 Å². The second-order valence-corrected chi connectivity index (χ2v) is 7.83. The maximum atomic E-state index is 12.1. The van der Waals surface area contributed by atoms with Gasteiger partial charge in [-0.2, -0.15) is 0 Å². The van der Waals surface area contributed by atoms with Crippen LogP contribution in [-0.2, 0) is 0 Å². The predicted molar refractivity (Wildman–Crippen MR) is 79.0 cm³/mol. The molecule has 0 radical (unpaired) electrons. The van der Waals surface area contributed by atoms with Crippen molar-refractivity contribution in [3.8, 4) is 0 Å². The molecule has 2 saturated carbocycles. The molecule has 0 aromatic heterocycles. The quantitative estimate of drug-likeness (QED) is 0.806. The zero-order chi connectivity index (χ0) is 14.2. The fourth-order valence-corrected chi connectivity index (χ4v) is 3.67. The number of carbonyl (C=O) groups excluding carboxylic acids is 1. The van der Waals surface area contributed by atoms with Crippen molar-refractivity contribution in [2.75, 3.05) is 0 Å². The Morgan fingerprint density at radius 2 is 1.79 bits per heavy atom. The first-order valence-corrected chi connectivity index (χ1v) is 7.84. The summed E-state index contributed by atoms with van der Waals surface area (Å²) in [4.78, 5) is 12.1. The summed E-state index contributed by atoms with van der Waals surface area (Å²) in [6, 6.07) is 0.486. The highest BCUT2D eigenvalue weighted by Crippen LogP contribution is 2.49. The van der Waals surface area contributed by atoms with Crippen LogP contribution in [0.15, 0.2) is 0 Å². The number of amides is 2. The van der Waals surface area contributed by atoms with Crippen LogP contribution >= 0.6 is 0 Å². The monoisotopic (exact) mass is 266 g/mol. The van der Waals surface area contributed by atoms with Gasteiger partial charge in [0.1, 0.15) is 0 Å². The predicted octanol–water partition coefficient (Wildman–Crippen LogP) is 3.54. The Morgan fingerprint density at radius 3 is 2.26 bits per heavy atom. The fourth-order valence-electron chi connectivity index (χ4n) is 3.67. The summed E-state index contributed by atoms with van der Waals surface area (Å²) >= 11 is 0. The van der Waals surface area contributed by atoms with Crippen molar-refractivity contribution in [2.24, 2.45) is 23.2 Å². The number of urea groups is 1. The highest BCUT2D eigenvalue weighted by molar-refractivity contribution is 5.74. The van der Waals surface area contributed by atoms with E-state index < -0.39 is 0 Å². The van der Waals surface area contributed by atoms with E-state index in [2.05, 4.69) is 45.3 Å². The van der Waals surface area contributed by atoms with Gasteiger partial charge in [0.2, 0.25) is 0 Å². The molecule has 0 unspecified atom stereocenters. The molecule has 110 valence electrons. The number of nitrogens with one attached hydrogen (secondary N) is 2. The minimum absolute atomic E-state index is 0.00213. The van der Waals surface area contributed by atoms with E-state index in [0.717, 1.165) is 11.8 Å². The average molecular weight is 266 g/mol. The molecule has 3 heteroatoms. The van der Waals surface area contributed by atoms with Crippen LogP contribution in [0, 0.1) is 23.2 Å². The van der Waals surface area contributed by atoms with Gasteiger partial charge in [0.15, 0.2) is 0 Å². The van der Waals surface area contributed by atoms with Crippen molar-refractivity contribution in [3.63, 3.8) is 0 Å². The molecule has 2 amide bonds. The van der Waals surface area contributed by atoms with Crippen molar-refractivity contribution in [1.82, 2.24) is 10.6 Å². The normalized spacial score (nSPS) is 33.0. The van der Waals surface area contributed by atoms with Crippen LogP contribution in [0.2, 0.25) is 0 Å². The van der Waals surface area contributed by atoms with E-state index in [1.165, 1.54) is 25.7 Å². The molecule has 0 aromatic rings. The summed E-state index contributed by atoms with van der Waals surface area (Å²) in [5.74, 6) is 2.51. The van der Waals surface area contributed by atoms with Gasteiger partial charge in [-0.1, -0.05) is 27.2 Å². The van der Waals surface area contributed by atoms with E-state index in [1.54, 1.807) is 0 Å². The molecule has 0 saturated heterocycles. The molecule has 2 N–H and O–H groups in total. The van der Waals surface area contributed by atoms with Gasteiger partial charge in [-0.3, -0.25) is 0 Å². The third-order valence-corrected chi connectivity index (χ3v) is 5.44. The second kappa shape index (κ2) is 5.34. The smallest absolute Gasteiger partial charge is 0.315 e. The largest absolute Gasteiger partial charge is 0.335 e. The van der Waals surface area contributed by atoms with Crippen molar-refractivity contribution in [3.05, 3.63) is 0 Å². The van der Waals surface area contributed by atoms with Crippen molar-refractivity contribution >= 4 is 6.03 Å². The highest BCUT2D eigenvalue weighted by Gasteiger charge is 2.42. The molecular weight excluding hydrogens is 236 g/mol. The van der Waals surface area contributed by atoms with Crippen molar-refractivity contribution in [2.45, 2.75) is 72.4 Å². The summed E-state index contributed by atoms with van der Waals surface area (Å²) in [5, 5.41) is 6.23. The lowest BCUT2D eigenvalue weighted by Gasteiger charge is -2.31. The van der Waals surface area contributed by atoms with Gasteiger partial charge in [0, 0.05) is 12.1 Å². The Balaban J connectivity index is 1.79. The van der Waals surface area contributed by atoms with E-state index >= 15 is 0 Å². The van der Waals surface area contributed by atoms with Crippen LogP contribution in [0.25, 0.3) is 0 Å². The molecule has 0 spiro atoms. The van der Waals surface area contributed by atoms with Gasteiger partial charge in [-0.15, -0.1) is 0 Å². The first kappa shape index (κ1) is 14.7. The number of hydrogen-bond acceptors (Lipinski definition) is 1. The summed E-state index contributed by atoms with van der Waals surface area (Å²) in [6.07, 6.45) is 5.51. The zero-order valence-electron chi connectivity index (χ0n) is 13.1. The maximum absolute atomic E-state index is 12.1. The molecule has 2 bridgehead atoms. The number of rotatable bonds is 3. The van der Waals surface area contributed by atoms with Gasteiger partial charge in [-0.25, -0.2) is 4.79 Å². The molecule has 0 heterocycles. The number of carbonyl (C=O) groups is 1. The van der Waals surface area contributed by atoms with E-state index in [9.17, 15) is 4.79 Å². The van der Waals surface area contributed by atoms with Gasteiger partial charge >= 0.3 is 6.03 Å². The minimum atomic E-state index is -0.00213. The minimum Gasteiger partial charge on any atom is -0.335 e. The van der Waals surface area contributed by atoms with E-state index in [-0.39, 0.29) is 17.5 Å². The molecule has 5 atom stereocenters. The summed E-state index contributed by atoms with van der Waals surface area (Å²) < 4.78 is 0. The van der Waals surface area contributed by atoms with E-state index in [1.807, 2.05) is 0 Å². The molecule has 2 fully saturated rings. The molecule has 3 nitrogen and oxygen atoms in total. The molecule has 0 aromatic carbocycles. The summed E-state index contributed by atoms with van der Waals surface area (Å²) in [6.45, 7) is 10.7. The summed E-state index contributed by atoms with van der Waals surface area (Å²) in [7, 11) is 0. The third kappa shape index (κ3) is 3.43. The van der Waals surface area contributed by atoms with Crippen LogP contribution in [0.5, 0.6) is 0 Å². The van der Waals surface area contributed by atoms with Crippen molar-refractivity contribution in [1.29, 1.82) is 0 Å². The topological polar surface area (TPSA) is 41.1 Å². The molecular formula is C16H30N2O. The second-order valence-electron chi connectivity index (χ2n) is 7.83. The van der Waals surface area contributed by atoms with Gasteiger partial charge in [-0.05, 0) is 56.3 Å². The van der Waals surface area contributed by atoms with E-state index in [4.69, 9.17) is 0 Å². The summed E-state index contributed by atoms with van der Waals surface area (Å²) in [5.41, 5.74) is 0.104. The Kier molecular flexibility index (Phi) is 4.12. The van der Waals surface area contributed by atoms with Crippen molar-refractivity contribution < 1.29 is 4.79 Å². The van der Waals surface area contributed by atoms with Gasteiger partial charge < -0.3 is 10.6 Å². The first-order valence-electron chi connectivity index (χ1n) is 7.84. The highest BCUT2D eigenvalue weighted by atomic mass is 16.2. The molecule has 2 aliphatic rings. The van der Waals surface area contributed by atoms with Gasteiger partial charge in [0.25, 0.3) is 0 Å². The molecule has 2 rings (SSSR count). The molecule has 19 heavy (non-hydrogen) atoms. The van der Waals surface area contributed by atoms with Crippen LogP contribution in [0.1, 0.15) is 60.3 Å². The lowest BCUT2D eigenvalue weighted by atomic mass is 9.84. The number of fused-ring (bicyclic) bond motifs is 2. The lowest BCUT2D eigenvalue weighted by Crippen LogP contribution is -2.50.